The molecule has 1 N–H and O–H groups in total. The summed E-state index contributed by atoms with van der Waals surface area (Å²) in [7, 11) is 0. The molecular formula is C10H13NO. The quantitative estimate of drug-likeness (QED) is 0.632. The second-order valence-electron chi connectivity index (χ2n) is 3.23. The summed E-state index contributed by atoms with van der Waals surface area (Å²) in [5, 5.41) is 3.32. The molecule has 1 aromatic carbocycles. The fraction of sp³-hybridized carbons (Fsp3) is 0.400. The number of rotatable bonds is 0. The topological polar surface area (TPSA) is 21.3 Å². The summed E-state index contributed by atoms with van der Waals surface area (Å²) >= 11 is 0. The third kappa shape index (κ3) is 1.13. The van der Waals surface area contributed by atoms with E-state index < -0.39 is 0 Å². The van der Waals surface area contributed by atoms with Gasteiger partial charge in [0.25, 0.3) is 0 Å². The lowest BCUT2D eigenvalue weighted by Gasteiger charge is -2.21. The highest BCUT2D eigenvalue weighted by atomic mass is 16.5. The molecular weight excluding hydrogens is 150 g/mol. The fourth-order valence-corrected chi connectivity index (χ4v) is 1.62. The van der Waals surface area contributed by atoms with Crippen LogP contribution < -0.4 is 10.1 Å². The van der Waals surface area contributed by atoms with Gasteiger partial charge in [0, 0.05) is 6.54 Å². The van der Waals surface area contributed by atoms with Crippen molar-refractivity contribution < 1.29 is 4.74 Å². The van der Waals surface area contributed by atoms with Gasteiger partial charge in [-0.2, -0.15) is 0 Å². The van der Waals surface area contributed by atoms with Crippen molar-refractivity contribution >= 4 is 5.69 Å². The van der Waals surface area contributed by atoms with E-state index in [2.05, 4.69) is 31.3 Å². The predicted octanol–water partition coefficient (Wildman–Crippen LogP) is 2.11. The van der Waals surface area contributed by atoms with Crippen LogP contribution in [-0.4, -0.2) is 13.2 Å². The second-order valence-corrected chi connectivity index (χ2v) is 3.23. The van der Waals surface area contributed by atoms with Crippen LogP contribution >= 0.6 is 0 Å². The van der Waals surface area contributed by atoms with Crippen LogP contribution in [0.1, 0.15) is 11.1 Å². The number of ether oxygens (including phenoxy) is 1. The largest absolute Gasteiger partial charge is 0.489 e. The van der Waals surface area contributed by atoms with Crippen molar-refractivity contribution in [3.05, 3.63) is 23.3 Å². The highest BCUT2D eigenvalue weighted by Crippen LogP contribution is 2.31. The Kier molecular flexibility index (Phi) is 1.68. The molecule has 1 heterocycles. The molecule has 0 bridgehead atoms. The Morgan fingerprint density at radius 2 is 2.17 bits per heavy atom. The van der Waals surface area contributed by atoms with Crippen LogP contribution in [0.25, 0.3) is 0 Å². The molecule has 12 heavy (non-hydrogen) atoms. The van der Waals surface area contributed by atoms with Gasteiger partial charge in [-0.05, 0) is 31.0 Å². The Morgan fingerprint density at radius 1 is 1.33 bits per heavy atom. The van der Waals surface area contributed by atoms with Gasteiger partial charge in [0.15, 0.2) is 0 Å². The number of benzene rings is 1. The molecule has 0 radical (unpaired) electrons. The number of hydrogen-bond donors (Lipinski definition) is 1. The highest BCUT2D eigenvalue weighted by Gasteiger charge is 2.11. The van der Waals surface area contributed by atoms with E-state index in [0.717, 1.165) is 24.6 Å². The Bertz CT molecular complexity index is 307. The normalized spacial score (nSPS) is 14.5. The van der Waals surface area contributed by atoms with Crippen LogP contribution in [0.15, 0.2) is 12.1 Å². The first-order valence-electron chi connectivity index (χ1n) is 4.25. The molecule has 1 aromatic rings. The molecule has 0 aromatic heterocycles. The molecule has 64 valence electrons. The van der Waals surface area contributed by atoms with Gasteiger partial charge in [0.05, 0.1) is 5.69 Å². The second kappa shape index (κ2) is 2.70. The fourth-order valence-electron chi connectivity index (χ4n) is 1.62. The van der Waals surface area contributed by atoms with Crippen molar-refractivity contribution in [2.24, 2.45) is 0 Å². The van der Waals surface area contributed by atoms with Gasteiger partial charge in [-0.25, -0.2) is 0 Å². The molecule has 0 saturated carbocycles. The van der Waals surface area contributed by atoms with Crippen molar-refractivity contribution in [1.29, 1.82) is 0 Å². The van der Waals surface area contributed by atoms with E-state index in [-0.39, 0.29) is 0 Å². The van der Waals surface area contributed by atoms with Crippen molar-refractivity contribution in [1.82, 2.24) is 0 Å². The highest BCUT2D eigenvalue weighted by molar-refractivity contribution is 5.62. The maximum atomic E-state index is 5.55. The third-order valence-corrected chi connectivity index (χ3v) is 2.08. The van der Waals surface area contributed by atoms with Crippen LogP contribution in [0.4, 0.5) is 5.69 Å². The lowest BCUT2D eigenvalue weighted by Crippen LogP contribution is -2.18. The Labute approximate surface area is 72.5 Å². The number of anilines is 1. The van der Waals surface area contributed by atoms with E-state index in [1.54, 1.807) is 0 Å². The molecule has 1 aliphatic rings. The molecule has 2 rings (SSSR count). The lowest BCUT2D eigenvalue weighted by atomic mass is 10.1. The van der Waals surface area contributed by atoms with Gasteiger partial charge in [-0.1, -0.05) is 6.07 Å². The summed E-state index contributed by atoms with van der Waals surface area (Å²) in [4.78, 5) is 0. The summed E-state index contributed by atoms with van der Waals surface area (Å²) in [6.07, 6.45) is 0. The van der Waals surface area contributed by atoms with E-state index in [9.17, 15) is 0 Å². The Balaban J connectivity index is 2.53. The van der Waals surface area contributed by atoms with E-state index in [1.165, 1.54) is 11.1 Å². The molecule has 2 nitrogen and oxygen atoms in total. The van der Waals surface area contributed by atoms with Crippen LogP contribution in [0.3, 0.4) is 0 Å². The standard InChI is InChI=1S/C10H13NO/c1-7-5-8(2)10-9(6-7)11-3-4-12-10/h5-6,11H,3-4H2,1-2H3. The van der Waals surface area contributed by atoms with Gasteiger partial charge in [-0.3, -0.25) is 0 Å². The minimum Gasteiger partial charge on any atom is -0.489 e. The van der Waals surface area contributed by atoms with Crippen molar-refractivity contribution in [2.75, 3.05) is 18.5 Å². The average molecular weight is 163 g/mol. The molecule has 0 aliphatic carbocycles. The predicted molar refractivity (Wildman–Crippen MR) is 49.9 cm³/mol. The zero-order valence-electron chi connectivity index (χ0n) is 7.48. The van der Waals surface area contributed by atoms with E-state index in [1.807, 2.05) is 0 Å². The zero-order chi connectivity index (χ0) is 8.55. The molecule has 1 aliphatic heterocycles. The molecule has 0 saturated heterocycles. The maximum absolute atomic E-state index is 5.55. The lowest BCUT2D eigenvalue weighted by molar-refractivity contribution is 0.321. The first-order chi connectivity index (χ1) is 5.77. The van der Waals surface area contributed by atoms with Crippen LogP contribution in [0.5, 0.6) is 5.75 Å². The number of aryl methyl sites for hydroxylation is 2. The molecule has 0 amide bonds. The minimum atomic E-state index is 0.775. The van der Waals surface area contributed by atoms with E-state index in [4.69, 9.17) is 4.74 Å². The van der Waals surface area contributed by atoms with Gasteiger partial charge in [-0.15, -0.1) is 0 Å². The molecule has 0 fully saturated rings. The first-order valence-corrected chi connectivity index (χ1v) is 4.25. The number of nitrogens with one attached hydrogen (secondary N) is 1. The summed E-state index contributed by atoms with van der Waals surface area (Å²) in [5.74, 6) is 1.02. The molecule has 0 unspecified atom stereocenters. The maximum Gasteiger partial charge on any atom is 0.145 e. The van der Waals surface area contributed by atoms with Crippen LogP contribution in [0.2, 0.25) is 0 Å². The smallest absolute Gasteiger partial charge is 0.145 e. The van der Waals surface area contributed by atoms with Gasteiger partial charge < -0.3 is 10.1 Å². The van der Waals surface area contributed by atoms with Crippen molar-refractivity contribution in [3.63, 3.8) is 0 Å². The summed E-state index contributed by atoms with van der Waals surface area (Å²) in [6, 6.07) is 4.27. The SMILES string of the molecule is Cc1cc(C)c2c(c1)NCCO2. The van der Waals surface area contributed by atoms with Crippen molar-refractivity contribution in [3.8, 4) is 5.75 Å². The van der Waals surface area contributed by atoms with Gasteiger partial charge >= 0.3 is 0 Å². The molecule has 2 heteroatoms. The monoisotopic (exact) mass is 163 g/mol. The minimum absolute atomic E-state index is 0.775. The summed E-state index contributed by atoms with van der Waals surface area (Å²) < 4.78 is 5.55. The Hall–Kier alpha value is -1.18. The molecule has 0 atom stereocenters. The van der Waals surface area contributed by atoms with Crippen LogP contribution in [0, 0.1) is 13.8 Å². The van der Waals surface area contributed by atoms with Gasteiger partial charge in [0.2, 0.25) is 0 Å². The van der Waals surface area contributed by atoms with E-state index in [0.29, 0.717) is 0 Å². The first kappa shape index (κ1) is 7.47. The zero-order valence-corrected chi connectivity index (χ0v) is 7.48. The number of fused-ring (bicyclic) bond motifs is 1. The molecule has 0 spiro atoms. The number of hydrogen-bond acceptors (Lipinski definition) is 2. The third-order valence-electron chi connectivity index (χ3n) is 2.08. The summed E-state index contributed by atoms with van der Waals surface area (Å²) in [6.45, 7) is 5.87. The van der Waals surface area contributed by atoms with E-state index >= 15 is 0 Å². The summed E-state index contributed by atoms with van der Waals surface area (Å²) in [5.41, 5.74) is 3.64. The average Bonchev–Trinajstić information content (AvgIpc) is 2.04. The Morgan fingerprint density at radius 3 is 3.00 bits per heavy atom. The van der Waals surface area contributed by atoms with Crippen LogP contribution in [-0.2, 0) is 0 Å². The van der Waals surface area contributed by atoms with Gasteiger partial charge in [0.1, 0.15) is 12.4 Å². The van der Waals surface area contributed by atoms with Crippen molar-refractivity contribution in [2.45, 2.75) is 13.8 Å².